The highest BCUT2D eigenvalue weighted by Gasteiger charge is 2.60. The SMILES string of the molecule is COc1cc(CC23CC4CC(C2)CC(C(=O)O)(C4)C3)ccc1F. The molecule has 1 N–H and O–H groups in total. The molecule has 4 saturated carbocycles. The number of carboxylic acid groups (broad SMARTS) is 1. The minimum Gasteiger partial charge on any atom is -0.494 e. The van der Waals surface area contributed by atoms with Crippen LogP contribution in [0.15, 0.2) is 18.2 Å². The van der Waals surface area contributed by atoms with E-state index < -0.39 is 11.4 Å². The van der Waals surface area contributed by atoms with Crippen LogP contribution in [0.3, 0.4) is 0 Å². The number of carboxylic acids is 1. The molecule has 5 rings (SSSR count). The number of rotatable bonds is 4. The second-order valence-corrected chi connectivity index (χ2v) is 8.19. The van der Waals surface area contributed by atoms with Gasteiger partial charge in [0.2, 0.25) is 0 Å². The van der Waals surface area contributed by atoms with Crippen LogP contribution in [-0.4, -0.2) is 18.2 Å². The van der Waals surface area contributed by atoms with Crippen molar-refractivity contribution in [1.29, 1.82) is 0 Å². The molecule has 2 unspecified atom stereocenters. The van der Waals surface area contributed by atoms with E-state index in [2.05, 4.69) is 0 Å². The summed E-state index contributed by atoms with van der Waals surface area (Å²) in [6, 6.07) is 5.06. The third kappa shape index (κ3) is 2.34. The lowest BCUT2D eigenvalue weighted by atomic mass is 9.43. The molecule has 3 nitrogen and oxygen atoms in total. The molecule has 23 heavy (non-hydrogen) atoms. The lowest BCUT2D eigenvalue weighted by Gasteiger charge is -2.60. The normalized spacial score (nSPS) is 37.8. The maximum atomic E-state index is 13.6. The van der Waals surface area contributed by atoms with Gasteiger partial charge in [0, 0.05) is 0 Å². The van der Waals surface area contributed by atoms with Crippen molar-refractivity contribution in [2.75, 3.05) is 7.11 Å². The standard InChI is InChI=1S/C19H23FO3/c1-23-16-5-12(2-3-15(16)20)6-18-7-13-4-14(8-18)10-19(9-13,11-18)17(21)22/h2-3,5,13-14H,4,6-11H2,1H3,(H,21,22). The lowest BCUT2D eigenvalue weighted by Crippen LogP contribution is -2.55. The Morgan fingerprint density at radius 1 is 1.30 bits per heavy atom. The molecular formula is C19H23FO3. The topological polar surface area (TPSA) is 46.5 Å². The van der Waals surface area contributed by atoms with Gasteiger partial charge >= 0.3 is 5.97 Å². The third-order valence-electron chi connectivity index (χ3n) is 6.43. The first kappa shape index (κ1) is 15.0. The monoisotopic (exact) mass is 318 g/mol. The Bertz CT molecular complexity index is 640. The van der Waals surface area contributed by atoms with Crippen molar-refractivity contribution >= 4 is 5.97 Å². The van der Waals surface area contributed by atoms with Crippen molar-refractivity contribution < 1.29 is 19.0 Å². The molecule has 0 heterocycles. The van der Waals surface area contributed by atoms with E-state index in [4.69, 9.17) is 4.74 Å². The second-order valence-electron chi connectivity index (χ2n) is 8.19. The van der Waals surface area contributed by atoms with Gasteiger partial charge in [-0.05, 0) is 79.9 Å². The number of methoxy groups -OCH3 is 1. The second kappa shape index (κ2) is 4.96. The van der Waals surface area contributed by atoms with Crippen LogP contribution in [0, 0.1) is 28.5 Å². The molecule has 0 radical (unpaired) electrons. The van der Waals surface area contributed by atoms with E-state index in [0.717, 1.165) is 44.1 Å². The van der Waals surface area contributed by atoms with Crippen molar-refractivity contribution in [2.24, 2.45) is 22.7 Å². The first-order chi connectivity index (χ1) is 10.9. The van der Waals surface area contributed by atoms with Crippen molar-refractivity contribution in [3.05, 3.63) is 29.6 Å². The van der Waals surface area contributed by atoms with Crippen LogP contribution in [-0.2, 0) is 11.2 Å². The summed E-state index contributed by atoms with van der Waals surface area (Å²) in [4.78, 5) is 11.9. The minimum absolute atomic E-state index is 0.0747. The molecule has 4 heteroatoms. The van der Waals surface area contributed by atoms with Gasteiger partial charge < -0.3 is 9.84 Å². The summed E-state index contributed by atoms with van der Waals surface area (Å²) in [5.41, 5.74) is 0.630. The molecule has 4 bridgehead atoms. The van der Waals surface area contributed by atoms with Crippen LogP contribution < -0.4 is 4.74 Å². The van der Waals surface area contributed by atoms with Crippen molar-refractivity contribution in [3.63, 3.8) is 0 Å². The Hall–Kier alpha value is -1.58. The van der Waals surface area contributed by atoms with Gasteiger partial charge in [0.1, 0.15) is 0 Å². The first-order valence-electron chi connectivity index (χ1n) is 8.50. The summed E-state index contributed by atoms with van der Waals surface area (Å²) in [6.07, 6.45) is 6.77. The zero-order chi connectivity index (χ0) is 16.2. The Balaban J connectivity index is 1.65. The number of aliphatic carboxylic acids is 1. The van der Waals surface area contributed by atoms with Gasteiger partial charge in [0.25, 0.3) is 0 Å². The number of carbonyl (C=O) groups is 1. The summed E-state index contributed by atoms with van der Waals surface area (Å²) in [5, 5.41) is 9.81. The van der Waals surface area contributed by atoms with Gasteiger partial charge in [-0.1, -0.05) is 6.07 Å². The molecule has 124 valence electrons. The average Bonchev–Trinajstić information content (AvgIpc) is 2.47. The molecule has 0 amide bonds. The molecule has 0 aliphatic heterocycles. The number of halogens is 1. The largest absolute Gasteiger partial charge is 0.494 e. The van der Waals surface area contributed by atoms with Crippen LogP contribution in [0.2, 0.25) is 0 Å². The molecular weight excluding hydrogens is 295 g/mol. The summed E-state index contributed by atoms with van der Waals surface area (Å²) in [7, 11) is 1.48. The van der Waals surface area contributed by atoms with Crippen LogP contribution in [0.1, 0.15) is 44.1 Å². The van der Waals surface area contributed by atoms with Crippen molar-refractivity contribution in [3.8, 4) is 5.75 Å². The molecule has 2 atom stereocenters. The van der Waals surface area contributed by atoms with Gasteiger partial charge in [-0.15, -0.1) is 0 Å². The highest BCUT2D eigenvalue weighted by atomic mass is 19.1. The van der Waals surface area contributed by atoms with E-state index in [1.165, 1.54) is 19.6 Å². The summed E-state index contributed by atoms with van der Waals surface area (Å²) >= 11 is 0. The lowest BCUT2D eigenvalue weighted by molar-refractivity contribution is -0.174. The van der Waals surface area contributed by atoms with E-state index in [1.54, 1.807) is 6.07 Å². The van der Waals surface area contributed by atoms with E-state index in [0.29, 0.717) is 11.8 Å². The summed E-state index contributed by atoms with van der Waals surface area (Å²) in [6.45, 7) is 0. The Morgan fingerprint density at radius 2 is 2.00 bits per heavy atom. The van der Waals surface area contributed by atoms with E-state index in [-0.39, 0.29) is 17.0 Å². The number of benzene rings is 1. The zero-order valence-corrected chi connectivity index (χ0v) is 13.5. The van der Waals surface area contributed by atoms with Crippen molar-refractivity contribution in [2.45, 2.75) is 44.9 Å². The van der Waals surface area contributed by atoms with Gasteiger partial charge in [-0.3, -0.25) is 4.79 Å². The van der Waals surface area contributed by atoms with E-state index in [1.807, 2.05) is 6.07 Å². The fourth-order valence-corrected chi connectivity index (χ4v) is 6.16. The quantitative estimate of drug-likeness (QED) is 0.911. The fraction of sp³-hybridized carbons (Fsp3) is 0.632. The number of hydrogen-bond donors (Lipinski definition) is 1. The van der Waals surface area contributed by atoms with Crippen LogP contribution in [0.4, 0.5) is 4.39 Å². The average molecular weight is 318 g/mol. The number of ether oxygens (including phenoxy) is 1. The highest BCUT2D eigenvalue weighted by Crippen LogP contribution is 2.66. The molecule has 1 aromatic rings. The third-order valence-corrected chi connectivity index (χ3v) is 6.43. The van der Waals surface area contributed by atoms with Gasteiger partial charge in [-0.25, -0.2) is 4.39 Å². The van der Waals surface area contributed by atoms with Crippen LogP contribution >= 0.6 is 0 Å². The van der Waals surface area contributed by atoms with Gasteiger partial charge in [0.15, 0.2) is 11.6 Å². The Labute approximate surface area is 135 Å². The zero-order valence-electron chi connectivity index (χ0n) is 13.5. The van der Waals surface area contributed by atoms with E-state index in [9.17, 15) is 14.3 Å². The van der Waals surface area contributed by atoms with Gasteiger partial charge in [0.05, 0.1) is 12.5 Å². The Kier molecular flexibility index (Phi) is 3.23. The molecule has 4 aliphatic carbocycles. The molecule has 0 aromatic heterocycles. The fourth-order valence-electron chi connectivity index (χ4n) is 6.16. The first-order valence-corrected chi connectivity index (χ1v) is 8.50. The highest BCUT2D eigenvalue weighted by molar-refractivity contribution is 5.75. The maximum absolute atomic E-state index is 13.6. The Morgan fingerprint density at radius 3 is 2.61 bits per heavy atom. The molecule has 4 aliphatic rings. The molecule has 0 spiro atoms. The molecule has 1 aromatic carbocycles. The predicted molar refractivity (Wildman–Crippen MR) is 83.8 cm³/mol. The summed E-state index contributed by atoms with van der Waals surface area (Å²) in [5.74, 6) is 0.431. The van der Waals surface area contributed by atoms with Crippen LogP contribution in [0.5, 0.6) is 5.75 Å². The van der Waals surface area contributed by atoms with Gasteiger partial charge in [-0.2, -0.15) is 0 Å². The van der Waals surface area contributed by atoms with E-state index >= 15 is 0 Å². The van der Waals surface area contributed by atoms with Crippen LogP contribution in [0.25, 0.3) is 0 Å². The molecule has 4 fully saturated rings. The predicted octanol–water partition coefficient (Wildman–Crippen LogP) is 4.05. The maximum Gasteiger partial charge on any atom is 0.309 e. The molecule has 0 saturated heterocycles. The minimum atomic E-state index is -0.604. The summed E-state index contributed by atoms with van der Waals surface area (Å²) < 4.78 is 18.7. The number of hydrogen-bond acceptors (Lipinski definition) is 2. The smallest absolute Gasteiger partial charge is 0.309 e. The van der Waals surface area contributed by atoms with Crippen molar-refractivity contribution in [1.82, 2.24) is 0 Å².